The van der Waals surface area contributed by atoms with E-state index in [9.17, 15) is 9.18 Å². The minimum absolute atomic E-state index is 0.0975. The molecule has 0 aliphatic carbocycles. The molecule has 0 aliphatic heterocycles. The molecular weight excluding hydrogens is 337 g/mol. The fourth-order valence-electron chi connectivity index (χ4n) is 2.40. The predicted octanol–water partition coefficient (Wildman–Crippen LogP) is 3.94. The van der Waals surface area contributed by atoms with Gasteiger partial charge in [-0.2, -0.15) is 0 Å². The van der Waals surface area contributed by atoms with Crippen LogP contribution in [-0.2, 0) is 6.42 Å². The summed E-state index contributed by atoms with van der Waals surface area (Å²) in [4.78, 5) is 21.6. The van der Waals surface area contributed by atoms with E-state index in [-0.39, 0.29) is 24.2 Å². The quantitative estimate of drug-likeness (QED) is 0.712. The zero-order valence-electron chi connectivity index (χ0n) is 14.0. The van der Waals surface area contributed by atoms with Gasteiger partial charge < -0.3 is 0 Å². The Bertz CT molecular complexity index is 959. The molecule has 0 fully saturated rings. The van der Waals surface area contributed by atoms with Crippen LogP contribution in [0.2, 0.25) is 0 Å². The second-order valence-electron chi connectivity index (χ2n) is 5.88. The summed E-state index contributed by atoms with van der Waals surface area (Å²) < 4.78 is 14.9. The van der Waals surface area contributed by atoms with E-state index in [1.807, 2.05) is 31.4 Å². The lowest BCUT2D eigenvalue weighted by atomic mass is 10.2. The van der Waals surface area contributed by atoms with E-state index >= 15 is 0 Å². The fraction of sp³-hybridized carbons (Fsp3) is 0.211. The van der Waals surface area contributed by atoms with Crippen LogP contribution >= 0.6 is 11.3 Å². The van der Waals surface area contributed by atoms with Crippen molar-refractivity contribution in [2.45, 2.75) is 26.3 Å². The highest BCUT2D eigenvalue weighted by molar-refractivity contribution is 7.13. The summed E-state index contributed by atoms with van der Waals surface area (Å²) in [6, 6.07) is 11.9. The van der Waals surface area contributed by atoms with Gasteiger partial charge >= 0.3 is 0 Å². The third-order valence-corrected chi connectivity index (χ3v) is 4.39. The van der Waals surface area contributed by atoms with Crippen LogP contribution in [0.1, 0.15) is 24.3 Å². The molecule has 4 nitrogen and oxygen atoms in total. The van der Waals surface area contributed by atoms with Crippen molar-refractivity contribution in [3.05, 3.63) is 71.0 Å². The van der Waals surface area contributed by atoms with E-state index in [0.29, 0.717) is 21.8 Å². The normalized spacial score (nSPS) is 11.9. The van der Waals surface area contributed by atoms with Crippen molar-refractivity contribution in [1.29, 1.82) is 0 Å². The summed E-state index contributed by atoms with van der Waals surface area (Å²) in [5.41, 5.74) is 2.01. The van der Waals surface area contributed by atoms with Gasteiger partial charge in [0.1, 0.15) is 16.3 Å². The largest absolute Gasteiger partial charge is 0.274 e. The molecule has 0 bridgehead atoms. The molecule has 3 rings (SSSR count). The van der Waals surface area contributed by atoms with Crippen LogP contribution in [0.5, 0.6) is 0 Å². The summed E-state index contributed by atoms with van der Waals surface area (Å²) in [5.74, 6) is -0.402. The van der Waals surface area contributed by atoms with Crippen molar-refractivity contribution in [1.82, 2.24) is 9.55 Å². The number of carbonyl (C=O) groups is 1. The lowest BCUT2D eigenvalue weighted by Crippen LogP contribution is -2.28. The smallest absolute Gasteiger partial charge is 0.238 e. The maximum atomic E-state index is 13.3. The first-order chi connectivity index (χ1) is 12.0. The maximum Gasteiger partial charge on any atom is 0.238 e. The van der Waals surface area contributed by atoms with Crippen LogP contribution in [0.4, 0.5) is 4.39 Å². The summed E-state index contributed by atoms with van der Waals surface area (Å²) >= 11 is 1.40. The molecule has 6 heteroatoms. The van der Waals surface area contributed by atoms with Gasteiger partial charge in [-0.25, -0.2) is 9.37 Å². The molecule has 0 amide bonds. The van der Waals surface area contributed by atoms with Crippen molar-refractivity contribution < 1.29 is 9.18 Å². The highest BCUT2D eigenvalue weighted by atomic mass is 32.1. The molecule has 0 unspecified atom stereocenters. The number of halogens is 1. The van der Waals surface area contributed by atoms with Gasteiger partial charge in [-0.1, -0.05) is 18.2 Å². The summed E-state index contributed by atoms with van der Waals surface area (Å²) in [6.45, 7) is 3.93. The standard InChI is InChI=1S/C19H18FN3OS/c1-13(2)21-17-8-3-4-9-23(17)18(24)11-16-12-25-19(22-16)14-6-5-7-15(20)10-14/h3-10,12-13H,11H2,1-2H3. The number of rotatable bonds is 4. The van der Waals surface area contributed by atoms with Crippen LogP contribution < -0.4 is 5.49 Å². The Balaban J connectivity index is 1.84. The Labute approximate surface area is 149 Å². The lowest BCUT2D eigenvalue weighted by molar-refractivity contribution is 0.0907. The van der Waals surface area contributed by atoms with Crippen molar-refractivity contribution in [2.24, 2.45) is 4.99 Å². The molecule has 128 valence electrons. The molecule has 1 aromatic carbocycles. The molecule has 0 saturated carbocycles. The van der Waals surface area contributed by atoms with E-state index in [1.165, 1.54) is 23.5 Å². The van der Waals surface area contributed by atoms with E-state index in [2.05, 4.69) is 9.98 Å². The zero-order chi connectivity index (χ0) is 17.8. The summed E-state index contributed by atoms with van der Waals surface area (Å²) in [5, 5.41) is 2.54. The van der Waals surface area contributed by atoms with E-state index < -0.39 is 0 Å². The first kappa shape index (κ1) is 17.2. The maximum absolute atomic E-state index is 13.3. The van der Waals surface area contributed by atoms with Crippen LogP contribution in [-0.4, -0.2) is 21.5 Å². The Hall–Kier alpha value is -2.60. The Morgan fingerprint density at radius 1 is 1.28 bits per heavy atom. The second kappa shape index (κ2) is 7.53. The third-order valence-electron chi connectivity index (χ3n) is 3.45. The second-order valence-corrected chi connectivity index (χ2v) is 6.73. The lowest BCUT2D eigenvalue weighted by Gasteiger charge is -2.06. The number of pyridine rings is 1. The van der Waals surface area contributed by atoms with Gasteiger partial charge in [0.2, 0.25) is 5.91 Å². The highest BCUT2D eigenvalue weighted by Crippen LogP contribution is 2.24. The zero-order valence-corrected chi connectivity index (χ0v) is 14.8. The molecule has 2 aromatic heterocycles. The predicted molar refractivity (Wildman–Crippen MR) is 97.0 cm³/mol. The van der Waals surface area contributed by atoms with Gasteiger partial charge in [0, 0.05) is 23.2 Å². The van der Waals surface area contributed by atoms with Crippen molar-refractivity contribution in [3.63, 3.8) is 0 Å². The molecule has 2 heterocycles. The summed E-state index contributed by atoms with van der Waals surface area (Å²) in [7, 11) is 0. The number of thiazole rings is 1. The number of hydrogen-bond donors (Lipinski definition) is 0. The first-order valence-corrected chi connectivity index (χ1v) is 8.86. The van der Waals surface area contributed by atoms with Crippen LogP contribution in [0.15, 0.2) is 59.0 Å². The highest BCUT2D eigenvalue weighted by Gasteiger charge is 2.11. The molecular formula is C19H18FN3OS. The van der Waals surface area contributed by atoms with E-state index in [4.69, 9.17) is 0 Å². The molecule has 0 radical (unpaired) electrons. The van der Waals surface area contributed by atoms with Gasteiger partial charge in [-0.15, -0.1) is 11.3 Å². The number of carbonyl (C=O) groups excluding carboxylic acids is 1. The average Bonchev–Trinajstić information content (AvgIpc) is 3.03. The minimum atomic E-state index is -0.301. The molecule has 0 N–H and O–H groups in total. The van der Waals surface area contributed by atoms with Gasteiger partial charge in [0.15, 0.2) is 0 Å². The van der Waals surface area contributed by atoms with Crippen LogP contribution in [0.3, 0.4) is 0 Å². The Morgan fingerprint density at radius 2 is 2.12 bits per heavy atom. The van der Waals surface area contributed by atoms with Crippen molar-refractivity contribution in [2.75, 3.05) is 0 Å². The molecule has 0 spiro atoms. The molecule has 3 aromatic rings. The van der Waals surface area contributed by atoms with E-state index in [1.54, 1.807) is 29.0 Å². The van der Waals surface area contributed by atoms with Gasteiger partial charge in [0.25, 0.3) is 0 Å². The SMILES string of the molecule is CC(C)N=c1ccccn1C(=O)Cc1csc(-c2cccc(F)c2)n1. The van der Waals surface area contributed by atoms with E-state index in [0.717, 1.165) is 0 Å². The average molecular weight is 355 g/mol. The Morgan fingerprint density at radius 3 is 2.88 bits per heavy atom. The number of hydrogen-bond acceptors (Lipinski definition) is 4. The number of aromatic nitrogens is 2. The minimum Gasteiger partial charge on any atom is -0.274 e. The molecule has 0 saturated heterocycles. The number of nitrogens with zero attached hydrogens (tertiary/aromatic N) is 3. The van der Waals surface area contributed by atoms with Crippen LogP contribution in [0.25, 0.3) is 10.6 Å². The third kappa shape index (κ3) is 4.28. The van der Waals surface area contributed by atoms with Crippen molar-refractivity contribution >= 4 is 17.2 Å². The van der Waals surface area contributed by atoms with Crippen LogP contribution in [0, 0.1) is 5.82 Å². The van der Waals surface area contributed by atoms with Gasteiger partial charge in [0.05, 0.1) is 12.1 Å². The molecule has 0 atom stereocenters. The fourth-order valence-corrected chi connectivity index (χ4v) is 3.21. The van der Waals surface area contributed by atoms with Gasteiger partial charge in [-0.05, 0) is 38.1 Å². The summed E-state index contributed by atoms with van der Waals surface area (Å²) in [6.07, 6.45) is 1.88. The molecule has 25 heavy (non-hydrogen) atoms. The van der Waals surface area contributed by atoms with Crippen molar-refractivity contribution in [3.8, 4) is 10.6 Å². The molecule has 0 aliphatic rings. The topological polar surface area (TPSA) is 47.2 Å². The van der Waals surface area contributed by atoms with Gasteiger partial charge in [-0.3, -0.25) is 14.4 Å². The number of benzene rings is 1. The monoisotopic (exact) mass is 355 g/mol. The Kier molecular flexibility index (Phi) is 5.19. The first-order valence-electron chi connectivity index (χ1n) is 7.98.